The topological polar surface area (TPSA) is 70.2 Å². The SMILES string of the molecule is O=C(CN1CCC[C@@H](c2ccn[nH]2)C1)NC[C@H]1Cc2ccccc2O1. The van der Waals surface area contributed by atoms with Crippen LogP contribution in [0, 0.1) is 0 Å². The van der Waals surface area contributed by atoms with Gasteiger partial charge >= 0.3 is 0 Å². The highest BCUT2D eigenvalue weighted by Gasteiger charge is 2.25. The summed E-state index contributed by atoms with van der Waals surface area (Å²) in [6, 6.07) is 10.1. The maximum absolute atomic E-state index is 12.3. The van der Waals surface area contributed by atoms with Crippen molar-refractivity contribution in [2.75, 3.05) is 26.2 Å². The van der Waals surface area contributed by atoms with Gasteiger partial charge in [-0.15, -0.1) is 0 Å². The first-order valence-corrected chi connectivity index (χ1v) is 9.01. The number of nitrogens with zero attached hydrogens (tertiary/aromatic N) is 2. The fourth-order valence-electron chi connectivity index (χ4n) is 3.80. The number of piperidine rings is 1. The molecule has 6 heteroatoms. The van der Waals surface area contributed by atoms with E-state index in [1.165, 1.54) is 11.3 Å². The summed E-state index contributed by atoms with van der Waals surface area (Å²) in [5.41, 5.74) is 2.39. The Kier molecular flexibility index (Phi) is 4.70. The molecule has 132 valence electrons. The number of benzene rings is 1. The fourth-order valence-corrected chi connectivity index (χ4v) is 3.80. The molecule has 25 heavy (non-hydrogen) atoms. The number of aromatic nitrogens is 2. The van der Waals surface area contributed by atoms with Gasteiger partial charge < -0.3 is 10.1 Å². The quantitative estimate of drug-likeness (QED) is 0.869. The first-order valence-electron chi connectivity index (χ1n) is 9.01. The normalized spacial score (nSPS) is 23.0. The molecule has 2 aromatic rings. The smallest absolute Gasteiger partial charge is 0.234 e. The molecule has 0 aliphatic carbocycles. The molecule has 2 N–H and O–H groups in total. The van der Waals surface area contributed by atoms with Crippen molar-refractivity contribution in [1.29, 1.82) is 0 Å². The third-order valence-corrected chi connectivity index (χ3v) is 5.08. The molecule has 1 fully saturated rings. The van der Waals surface area contributed by atoms with Crippen LogP contribution in [0.1, 0.15) is 30.0 Å². The van der Waals surface area contributed by atoms with Crippen molar-refractivity contribution in [2.24, 2.45) is 0 Å². The Balaban J connectivity index is 1.23. The van der Waals surface area contributed by atoms with Gasteiger partial charge in [-0.3, -0.25) is 14.8 Å². The third-order valence-electron chi connectivity index (χ3n) is 5.08. The van der Waals surface area contributed by atoms with Crippen molar-refractivity contribution in [3.8, 4) is 5.75 Å². The number of hydrogen-bond donors (Lipinski definition) is 2. The number of carbonyl (C=O) groups excluding carboxylic acids is 1. The van der Waals surface area contributed by atoms with E-state index in [4.69, 9.17) is 4.74 Å². The molecule has 0 unspecified atom stereocenters. The number of carbonyl (C=O) groups is 1. The standard InChI is InChI=1S/C19H24N4O2/c24-19(20-11-16-10-14-4-1-2-6-18(14)25-16)13-23-9-3-5-15(12-23)17-7-8-21-22-17/h1-2,4,6-8,15-16H,3,5,9-13H2,(H,20,24)(H,21,22)/t15-,16-/m1/s1. The average Bonchev–Trinajstić information content (AvgIpc) is 3.29. The number of likely N-dealkylation sites (tertiary alicyclic amines) is 1. The molecule has 1 amide bonds. The van der Waals surface area contributed by atoms with Crippen LogP contribution in [0.4, 0.5) is 0 Å². The molecule has 1 saturated heterocycles. The number of amides is 1. The number of rotatable bonds is 5. The fraction of sp³-hybridized carbons (Fsp3) is 0.474. The van der Waals surface area contributed by atoms with Gasteiger partial charge in [-0.25, -0.2) is 0 Å². The van der Waals surface area contributed by atoms with E-state index in [-0.39, 0.29) is 12.0 Å². The summed E-state index contributed by atoms with van der Waals surface area (Å²) in [6.07, 6.45) is 4.95. The molecular weight excluding hydrogens is 316 g/mol. The molecule has 0 saturated carbocycles. The third kappa shape index (κ3) is 3.85. The van der Waals surface area contributed by atoms with Crippen molar-refractivity contribution in [3.63, 3.8) is 0 Å². The largest absolute Gasteiger partial charge is 0.488 e. The molecule has 1 aromatic heterocycles. The van der Waals surface area contributed by atoms with Gasteiger partial charge in [-0.05, 0) is 37.1 Å². The van der Waals surface area contributed by atoms with Crippen molar-refractivity contribution in [1.82, 2.24) is 20.4 Å². The minimum Gasteiger partial charge on any atom is -0.488 e. The number of fused-ring (bicyclic) bond motifs is 1. The monoisotopic (exact) mass is 340 g/mol. The summed E-state index contributed by atoms with van der Waals surface area (Å²) < 4.78 is 5.87. The predicted octanol–water partition coefficient (Wildman–Crippen LogP) is 1.71. The molecular formula is C19H24N4O2. The summed E-state index contributed by atoms with van der Waals surface area (Å²) in [5, 5.41) is 10.1. The van der Waals surface area contributed by atoms with Crippen LogP contribution in [-0.2, 0) is 11.2 Å². The number of aromatic amines is 1. The number of hydrogen-bond acceptors (Lipinski definition) is 4. The van der Waals surface area contributed by atoms with Crippen LogP contribution in [0.2, 0.25) is 0 Å². The van der Waals surface area contributed by atoms with Crippen LogP contribution >= 0.6 is 0 Å². The van der Waals surface area contributed by atoms with Crippen molar-refractivity contribution >= 4 is 5.91 Å². The second-order valence-electron chi connectivity index (χ2n) is 6.94. The zero-order valence-electron chi connectivity index (χ0n) is 14.3. The van der Waals surface area contributed by atoms with Gasteiger partial charge in [0.1, 0.15) is 11.9 Å². The van der Waals surface area contributed by atoms with Crippen LogP contribution in [0.15, 0.2) is 36.5 Å². The van der Waals surface area contributed by atoms with Crippen LogP contribution in [0.25, 0.3) is 0 Å². The predicted molar refractivity (Wildman–Crippen MR) is 94.6 cm³/mol. The number of ether oxygens (including phenoxy) is 1. The highest BCUT2D eigenvalue weighted by molar-refractivity contribution is 5.78. The summed E-state index contributed by atoms with van der Waals surface area (Å²) in [6.45, 7) is 2.89. The highest BCUT2D eigenvalue weighted by atomic mass is 16.5. The number of nitrogens with one attached hydrogen (secondary N) is 2. The Bertz CT molecular complexity index is 691. The first-order chi connectivity index (χ1) is 12.3. The molecule has 1 aromatic carbocycles. The van der Waals surface area contributed by atoms with Crippen LogP contribution in [-0.4, -0.2) is 53.3 Å². The lowest BCUT2D eigenvalue weighted by molar-refractivity contribution is -0.122. The van der Waals surface area contributed by atoms with Gasteiger partial charge in [-0.1, -0.05) is 18.2 Å². The van der Waals surface area contributed by atoms with E-state index in [2.05, 4.69) is 26.5 Å². The lowest BCUT2D eigenvalue weighted by atomic mass is 9.95. The van der Waals surface area contributed by atoms with E-state index in [9.17, 15) is 4.79 Å². The van der Waals surface area contributed by atoms with Gasteiger partial charge in [-0.2, -0.15) is 5.10 Å². The molecule has 0 radical (unpaired) electrons. The molecule has 0 spiro atoms. The Morgan fingerprint density at radius 3 is 3.12 bits per heavy atom. The van der Waals surface area contributed by atoms with Crippen LogP contribution < -0.4 is 10.1 Å². The minimum atomic E-state index is 0.0421. The van der Waals surface area contributed by atoms with Gasteiger partial charge in [0.05, 0.1) is 13.1 Å². The van der Waals surface area contributed by atoms with Crippen LogP contribution in [0.5, 0.6) is 5.75 Å². The van der Waals surface area contributed by atoms with E-state index in [0.29, 0.717) is 19.0 Å². The van der Waals surface area contributed by atoms with E-state index in [0.717, 1.165) is 38.1 Å². The molecule has 4 rings (SSSR count). The molecule has 6 nitrogen and oxygen atoms in total. The minimum absolute atomic E-state index is 0.0421. The Hall–Kier alpha value is -2.34. The Morgan fingerprint density at radius 1 is 1.36 bits per heavy atom. The lowest BCUT2D eigenvalue weighted by Gasteiger charge is -2.31. The average molecular weight is 340 g/mol. The van der Waals surface area contributed by atoms with Gasteiger partial charge in [0.25, 0.3) is 0 Å². The molecule has 3 heterocycles. The molecule has 2 atom stereocenters. The zero-order chi connectivity index (χ0) is 17.1. The number of H-pyrrole nitrogens is 1. The lowest BCUT2D eigenvalue weighted by Crippen LogP contribution is -2.44. The van der Waals surface area contributed by atoms with Gasteiger partial charge in [0.2, 0.25) is 5.91 Å². The summed E-state index contributed by atoms with van der Waals surface area (Å²) >= 11 is 0. The molecule has 0 bridgehead atoms. The van der Waals surface area contributed by atoms with Crippen molar-refractivity contribution < 1.29 is 9.53 Å². The highest BCUT2D eigenvalue weighted by Crippen LogP contribution is 2.28. The van der Waals surface area contributed by atoms with E-state index < -0.39 is 0 Å². The van der Waals surface area contributed by atoms with Crippen molar-refractivity contribution in [2.45, 2.75) is 31.3 Å². The summed E-state index contributed by atoms with van der Waals surface area (Å²) in [5.74, 6) is 1.46. The van der Waals surface area contributed by atoms with Gasteiger partial charge in [0, 0.05) is 30.8 Å². The molecule has 2 aliphatic rings. The summed E-state index contributed by atoms with van der Waals surface area (Å²) in [4.78, 5) is 14.5. The number of para-hydroxylation sites is 1. The van der Waals surface area contributed by atoms with E-state index in [1.807, 2.05) is 24.3 Å². The second-order valence-corrected chi connectivity index (χ2v) is 6.94. The maximum Gasteiger partial charge on any atom is 0.234 e. The van der Waals surface area contributed by atoms with Crippen LogP contribution in [0.3, 0.4) is 0 Å². The Morgan fingerprint density at radius 2 is 2.28 bits per heavy atom. The first kappa shape index (κ1) is 16.1. The molecule has 2 aliphatic heterocycles. The summed E-state index contributed by atoms with van der Waals surface area (Å²) in [7, 11) is 0. The van der Waals surface area contributed by atoms with E-state index in [1.54, 1.807) is 6.20 Å². The van der Waals surface area contributed by atoms with E-state index >= 15 is 0 Å². The van der Waals surface area contributed by atoms with Crippen molar-refractivity contribution in [3.05, 3.63) is 47.8 Å². The Labute approximate surface area is 147 Å². The second kappa shape index (κ2) is 7.27. The maximum atomic E-state index is 12.3. The van der Waals surface area contributed by atoms with Gasteiger partial charge in [0.15, 0.2) is 0 Å². The zero-order valence-corrected chi connectivity index (χ0v) is 14.3.